The molecule has 2 atom stereocenters. The van der Waals surface area contributed by atoms with Crippen molar-refractivity contribution < 1.29 is 0 Å². The highest BCUT2D eigenvalue weighted by Crippen LogP contribution is 2.37. The van der Waals surface area contributed by atoms with E-state index in [1.807, 2.05) is 4.52 Å². The Morgan fingerprint density at radius 1 is 1.14 bits per heavy atom. The molecular weight excluding hydrogens is 280 g/mol. The summed E-state index contributed by atoms with van der Waals surface area (Å²) < 4.78 is 1.96. The fourth-order valence-corrected chi connectivity index (χ4v) is 4.25. The zero-order valence-electron chi connectivity index (χ0n) is 12.9. The summed E-state index contributed by atoms with van der Waals surface area (Å²) in [5.74, 6) is 1.63. The number of hydrogen-bond donors (Lipinski definition) is 0. The molecule has 5 heteroatoms. The predicted octanol–water partition coefficient (Wildman–Crippen LogP) is 3.49. The minimum Gasteiger partial charge on any atom is -0.346 e. The second kappa shape index (κ2) is 4.57. The molecule has 0 saturated carbocycles. The van der Waals surface area contributed by atoms with Crippen LogP contribution in [-0.4, -0.2) is 27.7 Å². The van der Waals surface area contributed by atoms with E-state index in [2.05, 4.69) is 44.0 Å². The van der Waals surface area contributed by atoms with Gasteiger partial charge >= 0.3 is 0 Å². The Bertz CT molecular complexity index is 643. The van der Waals surface area contributed by atoms with Crippen LogP contribution in [0.15, 0.2) is 18.3 Å². The van der Waals surface area contributed by atoms with Gasteiger partial charge in [-0.3, -0.25) is 0 Å². The molecule has 21 heavy (non-hydrogen) atoms. The lowest BCUT2D eigenvalue weighted by atomic mass is 9.86. The van der Waals surface area contributed by atoms with Crippen molar-refractivity contribution in [2.45, 2.75) is 39.0 Å². The third-order valence-electron chi connectivity index (χ3n) is 4.69. The van der Waals surface area contributed by atoms with Crippen LogP contribution in [0.1, 0.15) is 39.3 Å². The largest absolute Gasteiger partial charge is 0.346 e. The Balaban J connectivity index is 1.59. The monoisotopic (exact) mass is 302 g/mol. The van der Waals surface area contributed by atoms with E-state index in [9.17, 15) is 0 Å². The summed E-state index contributed by atoms with van der Waals surface area (Å²) in [6, 6.07) is 0. The summed E-state index contributed by atoms with van der Waals surface area (Å²) in [5.41, 5.74) is 1.20. The van der Waals surface area contributed by atoms with Gasteiger partial charge in [0.1, 0.15) is 0 Å². The first-order chi connectivity index (χ1) is 10.0. The van der Waals surface area contributed by atoms with Gasteiger partial charge in [-0.15, -0.1) is 5.10 Å². The molecule has 1 saturated heterocycles. The summed E-state index contributed by atoms with van der Waals surface area (Å²) in [6.45, 7) is 8.88. The van der Waals surface area contributed by atoms with Crippen molar-refractivity contribution in [3.63, 3.8) is 0 Å². The van der Waals surface area contributed by atoms with Gasteiger partial charge in [0.05, 0.1) is 11.9 Å². The number of nitrogens with zero attached hydrogens (tertiary/aromatic N) is 4. The Hall–Kier alpha value is -1.36. The molecule has 0 amide bonds. The molecule has 2 aromatic rings. The molecule has 3 heterocycles. The number of fused-ring (bicyclic) bond motifs is 2. The number of anilines is 1. The molecule has 0 radical (unpaired) electrons. The summed E-state index contributed by atoms with van der Waals surface area (Å²) in [5, 5.41) is 5.90. The summed E-state index contributed by atoms with van der Waals surface area (Å²) >= 11 is 1.72. The van der Waals surface area contributed by atoms with Crippen molar-refractivity contribution in [3.8, 4) is 0 Å². The van der Waals surface area contributed by atoms with E-state index in [0.29, 0.717) is 0 Å². The van der Waals surface area contributed by atoms with Crippen molar-refractivity contribution >= 4 is 21.4 Å². The molecule has 4 nitrogen and oxygen atoms in total. The van der Waals surface area contributed by atoms with Crippen LogP contribution >= 0.6 is 11.3 Å². The van der Waals surface area contributed by atoms with Crippen LogP contribution in [0.4, 0.5) is 5.13 Å². The van der Waals surface area contributed by atoms with Gasteiger partial charge < -0.3 is 4.90 Å². The summed E-state index contributed by atoms with van der Waals surface area (Å²) in [4.78, 5) is 8.22. The Morgan fingerprint density at radius 2 is 1.81 bits per heavy atom. The van der Waals surface area contributed by atoms with Crippen molar-refractivity contribution in [1.82, 2.24) is 14.6 Å². The summed E-state index contributed by atoms with van der Waals surface area (Å²) in [6.07, 6.45) is 9.24. The first kappa shape index (κ1) is 13.3. The van der Waals surface area contributed by atoms with Crippen molar-refractivity contribution in [1.29, 1.82) is 0 Å². The molecule has 0 spiro atoms. The second-order valence-electron chi connectivity index (χ2n) is 7.36. The number of imidazole rings is 1. The van der Waals surface area contributed by atoms with Gasteiger partial charge in [-0.1, -0.05) is 44.3 Å². The van der Waals surface area contributed by atoms with Crippen LogP contribution in [0, 0.1) is 11.8 Å². The molecule has 2 unspecified atom stereocenters. The highest BCUT2D eigenvalue weighted by Gasteiger charge is 2.34. The number of hydrogen-bond acceptors (Lipinski definition) is 4. The van der Waals surface area contributed by atoms with E-state index in [-0.39, 0.29) is 5.41 Å². The zero-order valence-corrected chi connectivity index (χ0v) is 13.7. The molecule has 0 aromatic carbocycles. The normalized spacial score (nSPS) is 25.8. The Labute approximate surface area is 129 Å². The second-order valence-corrected chi connectivity index (χ2v) is 8.29. The van der Waals surface area contributed by atoms with E-state index >= 15 is 0 Å². The minimum absolute atomic E-state index is 0.0852. The fourth-order valence-electron chi connectivity index (χ4n) is 3.35. The smallest absolute Gasteiger partial charge is 0.214 e. The van der Waals surface area contributed by atoms with E-state index < -0.39 is 0 Å². The number of allylic oxidation sites excluding steroid dienone is 2. The van der Waals surface area contributed by atoms with Crippen LogP contribution in [0.5, 0.6) is 0 Å². The van der Waals surface area contributed by atoms with Crippen LogP contribution < -0.4 is 4.90 Å². The SMILES string of the molecule is CC(C)(C)c1cn2nc(N3CC4CC=CCC4C3)sc2n1. The molecule has 1 aliphatic carbocycles. The van der Waals surface area contributed by atoms with E-state index in [1.54, 1.807) is 11.3 Å². The molecule has 2 aliphatic rings. The van der Waals surface area contributed by atoms with Gasteiger partial charge in [-0.25, -0.2) is 9.50 Å². The van der Waals surface area contributed by atoms with Gasteiger partial charge in [0.2, 0.25) is 10.1 Å². The number of aromatic nitrogens is 3. The van der Waals surface area contributed by atoms with Crippen molar-refractivity contribution in [2.75, 3.05) is 18.0 Å². The molecular formula is C16H22N4S. The Kier molecular flexibility index (Phi) is 2.89. The first-order valence-corrected chi connectivity index (χ1v) is 8.59. The van der Waals surface area contributed by atoms with Gasteiger partial charge in [0.15, 0.2) is 0 Å². The standard InChI is InChI=1S/C16H22N4S/c1-16(2,3)13-10-20-14(17-13)21-15(18-20)19-8-11-6-4-5-7-12(11)9-19/h4-5,10-12H,6-9H2,1-3H3. The minimum atomic E-state index is 0.0852. The van der Waals surface area contributed by atoms with Gasteiger partial charge in [0.25, 0.3) is 0 Å². The maximum Gasteiger partial charge on any atom is 0.214 e. The first-order valence-electron chi connectivity index (χ1n) is 7.77. The fraction of sp³-hybridized carbons (Fsp3) is 0.625. The average Bonchev–Trinajstić information content (AvgIpc) is 3.09. The molecule has 112 valence electrons. The number of rotatable bonds is 1. The van der Waals surface area contributed by atoms with Gasteiger partial charge in [-0.05, 0) is 24.7 Å². The molecule has 4 rings (SSSR count). The van der Waals surface area contributed by atoms with Crippen LogP contribution in [0.3, 0.4) is 0 Å². The lowest BCUT2D eigenvalue weighted by molar-refractivity contribution is 0.411. The van der Waals surface area contributed by atoms with Crippen LogP contribution in [-0.2, 0) is 5.41 Å². The maximum atomic E-state index is 4.76. The maximum absolute atomic E-state index is 4.76. The van der Waals surface area contributed by atoms with Crippen LogP contribution in [0.25, 0.3) is 4.96 Å². The topological polar surface area (TPSA) is 33.4 Å². The van der Waals surface area contributed by atoms with Gasteiger partial charge in [0, 0.05) is 18.5 Å². The predicted molar refractivity (Wildman–Crippen MR) is 87.1 cm³/mol. The molecule has 0 bridgehead atoms. The third kappa shape index (κ3) is 2.27. The molecule has 2 aromatic heterocycles. The van der Waals surface area contributed by atoms with Gasteiger partial charge in [-0.2, -0.15) is 0 Å². The summed E-state index contributed by atoms with van der Waals surface area (Å²) in [7, 11) is 0. The lowest BCUT2D eigenvalue weighted by Gasteiger charge is -2.17. The van der Waals surface area contributed by atoms with Crippen molar-refractivity contribution in [2.24, 2.45) is 11.8 Å². The van der Waals surface area contributed by atoms with Crippen molar-refractivity contribution in [3.05, 3.63) is 24.0 Å². The van der Waals surface area contributed by atoms with E-state index in [0.717, 1.165) is 40.7 Å². The average molecular weight is 302 g/mol. The van der Waals surface area contributed by atoms with Crippen LogP contribution in [0.2, 0.25) is 0 Å². The zero-order chi connectivity index (χ0) is 14.6. The highest BCUT2D eigenvalue weighted by atomic mass is 32.1. The quantitative estimate of drug-likeness (QED) is 0.756. The lowest BCUT2D eigenvalue weighted by Crippen LogP contribution is -2.19. The van der Waals surface area contributed by atoms with E-state index in [1.165, 1.54) is 12.8 Å². The third-order valence-corrected chi connectivity index (χ3v) is 5.68. The molecule has 1 fully saturated rings. The molecule has 0 N–H and O–H groups in total. The Morgan fingerprint density at radius 3 is 2.38 bits per heavy atom. The highest BCUT2D eigenvalue weighted by molar-refractivity contribution is 7.20. The molecule has 1 aliphatic heterocycles. The van der Waals surface area contributed by atoms with E-state index in [4.69, 9.17) is 10.1 Å².